The Labute approximate surface area is 157 Å². The number of rotatable bonds is 6. The Hall–Kier alpha value is -2.74. The van der Waals surface area contributed by atoms with Crippen LogP contribution in [0.25, 0.3) is 16.8 Å². The molecule has 0 saturated carbocycles. The Morgan fingerprint density at radius 3 is 2.56 bits per heavy atom. The summed E-state index contributed by atoms with van der Waals surface area (Å²) in [4.78, 5) is 4.58. The first-order valence-corrected chi connectivity index (χ1v) is 10.5. The Balaban J connectivity index is 1.85. The van der Waals surface area contributed by atoms with Crippen LogP contribution in [0.4, 0.5) is 0 Å². The van der Waals surface area contributed by atoms with Crippen LogP contribution in [0.5, 0.6) is 0 Å². The molecule has 0 atom stereocenters. The van der Waals surface area contributed by atoms with Crippen LogP contribution in [-0.2, 0) is 16.4 Å². The predicted molar refractivity (Wildman–Crippen MR) is 103 cm³/mol. The standard InChI is InChI=1S/C19H21N5O2S/c1-3-4-5-6-17-21-22-18-13-20-19-16(24(17)18)11-12-23(19)27(25,26)15-9-7-14(2)8-10-15/h7-13H,3-6H2,1-2H3. The zero-order valence-corrected chi connectivity index (χ0v) is 16.1. The summed E-state index contributed by atoms with van der Waals surface area (Å²) in [7, 11) is -3.72. The van der Waals surface area contributed by atoms with E-state index in [-0.39, 0.29) is 4.90 Å². The Morgan fingerprint density at radius 1 is 1.04 bits per heavy atom. The molecule has 0 bridgehead atoms. The van der Waals surface area contributed by atoms with Gasteiger partial charge in [0.1, 0.15) is 5.82 Å². The third-order valence-electron chi connectivity index (χ3n) is 4.69. The molecule has 0 aliphatic heterocycles. The second-order valence-electron chi connectivity index (χ2n) is 6.66. The second-order valence-corrected chi connectivity index (χ2v) is 8.48. The van der Waals surface area contributed by atoms with Gasteiger partial charge in [-0.05, 0) is 31.5 Å². The third-order valence-corrected chi connectivity index (χ3v) is 6.37. The predicted octanol–water partition coefficient (Wildman–Crippen LogP) is 3.36. The maximum absolute atomic E-state index is 13.1. The van der Waals surface area contributed by atoms with Crippen molar-refractivity contribution < 1.29 is 8.42 Å². The van der Waals surface area contributed by atoms with Crippen molar-refractivity contribution in [3.05, 3.63) is 54.1 Å². The fraction of sp³-hybridized carbons (Fsp3) is 0.316. The topological polar surface area (TPSA) is 82.2 Å². The van der Waals surface area contributed by atoms with Gasteiger partial charge in [0.2, 0.25) is 0 Å². The highest BCUT2D eigenvalue weighted by Crippen LogP contribution is 2.23. The molecule has 3 heterocycles. The van der Waals surface area contributed by atoms with Gasteiger partial charge in [-0.2, -0.15) is 0 Å². The molecule has 0 radical (unpaired) electrons. The first kappa shape index (κ1) is 17.7. The lowest BCUT2D eigenvalue weighted by molar-refractivity contribution is 0.588. The molecule has 27 heavy (non-hydrogen) atoms. The van der Waals surface area contributed by atoms with Gasteiger partial charge in [0, 0.05) is 12.6 Å². The fourth-order valence-electron chi connectivity index (χ4n) is 3.20. The fourth-order valence-corrected chi connectivity index (χ4v) is 4.50. The minimum absolute atomic E-state index is 0.236. The maximum atomic E-state index is 13.1. The molecule has 4 aromatic rings. The summed E-state index contributed by atoms with van der Waals surface area (Å²) >= 11 is 0. The molecule has 8 heteroatoms. The van der Waals surface area contributed by atoms with Crippen molar-refractivity contribution >= 4 is 26.8 Å². The molecule has 0 spiro atoms. The number of hydrogen-bond acceptors (Lipinski definition) is 5. The highest BCUT2D eigenvalue weighted by atomic mass is 32.2. The zero-order valence-electron chi connectivity index (χ0n) is 15.3. The molecule has 1 aromatic carbocycles. The summed E-state index contributed by atoms with van der Waals surface area (Å²) < 4.78 is 29.3. The maximum Gasteiger partial charge on any atom is 0.269 e. The van der Waals surface area contributed by atoms with Gasteiger partial charge >= 0.3 is 0 Å². The highest BCUT2D eigenvalue weighted by molar-refractivity contribution is 7.90. The van der Waals surface area contributed by atoms with Gasteiger partial charge in [-0.15, -0.1) is 10.2 Å². The van der Waals surface area contributed by atoms with Crippen LogP contribution in [0.3, 0.4) is 0 Å². The van der Waals surface area contributed by atoms with Crippen LogP contribution >= 0.6 is 0 Å². The molecule has 140 valence electrons. The van der Waals surface area contributed by atoms with Gasteiger partial charge < -0.3 is 0 Å². The smallest absolute Gasteiger partial charge is 0.269 e. The van der Waals surface area contributed by atoms with Gasteiger partial charge in [0.05, 0.1) is 16.6 Å². The van der Waals surface area contributed by atoms with Gasteiger partial charge in [0.25, 0.3) is 10.0 Å². The van der Waals surface area contributed by atoms with E-state index in [1.165, 1.54) is 3.97 Å². The van der Waals surface area contributed by atoms with Crippen LogP contribution in [0.15, 0.2) is 47.6 Å². The van der Waals surface area contributed by atoms with Gasteiger partial charge in [-0.1, -0.05) is 37.5 Å². The van der Waals surface area contributed by atoms with E-state index in [1.54, 1.807) is 42.7 Å². The van der Waals surface area contributed by atoms with E-state index < -0.39 is 10.0 Å². The van der Waals surface area contributed by atoms with E-state index in [0.29, 0.717) is 16.8 Å². The van der Waals surface area contributed by atoms with E-state index in [9.17, 15) is 8.42 Å². The average molecular weight is 383 g/mol. The van der Waals surface area contributed by atoms with Gasteiger partial charge in [-0.3, -0.25) is 4.40 Å². The largest absolute Gasteiger partial charge is 0.274 e. The van der Waals surface area contributed by atoms with Crippen LogP contribution < -0.4 is 0 Å². The Morgan fingerprint density at radius 2 is 1.81 bits per heavy atom. The minimum Gasteiger partial charge on any atom is -0.274 e. The van der Waals surface area contributed by atoms with Crippen LogP contribution in [-0.4, -0.2) is 32.0 Å². The van der Waals surface area contributed by atoms with Crippen LogP contribution in [0, 0.1) is 6.92 Å². The number of fused-ring (bicyclic) bond motifs is 3. The summed E-state index contributed by atoms with van der Waals surface area (Å²) in [6, 6.07) is 8.56. The van der Waals surface area contributed by atoms with Crippen LogP contribution in [0.2, 0.25) is 0 Å². The molecule has 3 aromatic heterocycles. The normalized spacial score (nSPS) is 12.2. The molecule has 0 aliphatic carbocycles. The minimum atomic E-state index is -3.72. The van der Waals surface area contributed by atoms with Crippen molar-refractivity contribution in [1.82, 2.24) is 23.6 Å². The molecule has 0 fully saturated rings. The first-order valence-electron chi connectivity index (χ1n) is 9.04. The molecule has 0 unspecified atom stereocenters. The molecule has 0 saturated heterocycles. The summed E-state index contributed by atoms with van der Waals surface area (Å²) in [5, 5.41) is 8.45. The second kappa shape index (κ2) is 6.77. The summed E-state index contributed by atoms with van der Waals surface area (Å²) in [6.45, 7) is 4.08. The Bertz CT molecular complexity index is 1210. The number of benzene rings is 1. The third kappa shape index (κ3) is 2.99. The number of unbranched alkanes of at least 4 members (excludes halogenated alkanes) is 2. The molecule has 0 N–H and O–H groups in total. The van der Waals surface area contributed by atoms with Gasteiger partial charge in [-0.25, -0.2) is 17.4 Å². The lowest BCUT2D eigenvalue weighted by Crippen LogP contribution is -2.12. The molecular formula is C19H21N5O2S. The number of aromatic nitrogens is 5. The van der Waals surface area contributed by atoms with Crippen LogP contribution in [0.1, 0.15) is 37.6 Å². The van der Waals surface area contributed by atoms with Crippen molar-refractivity contribution in [2.24, 2.45) is 0 Å². The quantitative estimate of drug-likeness (QED) is 0.477. The van der Waals surface area contributed by atoms with E-state index in [0.717, 1.165) is 37.1 Å². The first-order chi connectivity index (χ1) is 13.0. The van der Waals surface area contributed by atoms with Crippen molar-refractivity contribution in [3.63, 3.8) is 0 Å². The lowest BCUT2D eigenvalue weighted by atomic mass is 10.2. The molecule has 4 rings (SSSR count). The summed E-state index contributed by atoms with van der Waals surface area (Å²) in [6.07, 6.45) is 7.17. The van der Waals surface area contributed by atoms with E-state index in [4.69, 9.17) is 0 Å². The lowest BCUT2D eigenvalue weighted by Gasteiger charge is -2.08. The molecule has 0 aliphatic rings. The number of aryl methyl sites for hydroxylation is 2. The van der Waals surface area contributed by atoms with E-state index >= 15 is 0 Å². The average Bonchev–Trinajstić information content (AvgIpc) is 3.26. The highest BCUT2D eigenvalue weighted by Gasteiger charge is 2.21. The number of hydrogen-bond donors (Lipinski definition) is 0. The van der Waals surface area contributed by atoms with Crippen molar-refractivity contribution in [1.29, 1.82) is 0 Å². The summed E-state index contributed by atoms with van der Waals surface area (Å²) in [5.41, 5.74) is 2.70. The SMILES string of the molecule is CCCCCc1nnc2cnc3c(ccn3S(=O)(=O)c3ccc(C)cc3)n12. The molecule has 7 nitrogen and oxygen atoms in total. The zero-order chi connectivity index (χ0) is 19.0. The Kier molecular flexibility index (Phi) is 4.43. The van der Waals surface area contributed by atoms with Crippen molar-refractivity contribution in [2.45, 2.75) is 44.4 Å². The van der Waals surface area contributed by atoms with E-state index in [2.05, 4.69) is 22.1 Å². The van der Waals surface area contributed by atoms with Crippen molar-refractivity contribution in [2.75, 3.05) is 0 Å². The van der Waals surface area contributed by atoms with E-state index in [1.807, 2.05) is 11.3 Å². The van der Waals surface area contributed by atoms with Gasteiger partial charge in [0.15, 0.2) is 11.3 Å². The monoisotopic (exact) mass is 383 g/mol. The van der Waals surface area contributed by atoms with Crippen molar-refractivity contribution in [3.8, 4) is 0 Å². The number of nitrogens with zero attached hydrogens (tertiary/aromatic N) is 5. The molecule has 0 amide bonds. The molecular weight excluding hydrogens is 362 g/mol. The summed E-state index contributed by atoms with van der Waals surface area (Å²) in [5.74, 6) is 0.830.